The number of unbranched alkanes of at least 4 members (excludes halogenated alkanes) is 7. The number of ketones is 1. The van der Waals surface area contributed by atoms with Crippen LogP contribution in [0.15, 0.2) is 0 Å². The molecule has 0 radical (unpaired) electrons. The van der Waals surface area contributed by atoms with Gasteiger partial charge >= 0.3 is 0 Å². The average Bonchev–Trinajstić information content (AvgIpc) is 3.12. The van der Waals surface area contributed by atoms with Crippen LogP contribution in [0.1, 0.15) is 111 Å². The standard InChI is InChI=1S/C40H79NO11/c1-37(2)15-10-7-5-6-8-11-17-40(43)41-18-22-47-26-30-50-32-34-52-36-35-51-33-31-49-28-24-45-20-13-9-12-19-44-23-27-48-29-25-46-21-14-16-39(42)38(3)4/h37-38H,5-36H2,1-4H3,(H,41,43). The van der Waals surface area contributed by atoms with E-state index < -0.39 is 0 Å². The molecule has 0 spiro atoms. The number of carbonyl (C=O) groups excluding carboxylic acids is 2. The van der Waals surface area contributed by atoms with E-state index in [-0.39, 0.29) is 11.8 Å². The first-order valence-corrected chi connectivity index (χ1v) is 20.4. The van der Waals surface area contributed by atoms with E-state index in [0.717, 1.165) is 57.7 Å². The first-order valence-electron chi connectivity index (χ1n) is 20.4. The number of amides is 1. The van der Waals surface area contributed by atoms with E-state index in [2.05, 4.69) is 19.2 Å². The molecule has 0 atom stereocenters. The zero-order valence-electron chi connectivity index (χ0n) is 33.8. The molecule has 0 fully saturated rings. The van der Waals surface area contributed by atoms with Crippen molar-refractivity contribution in [2.45, 2.75) is 111 Å². The number of rotatable bonds is 44. The van der Waals surface area contributed by atoms with Gasteiger partial charge in [-0.1, -0.05) is 66.2 Å². The minimum Gasteiger partial charge on any atom is -0.379 e. The predicted octanol–water partition coefficient (Wildman–Crippen LogP) is 6.20. The second kappa shape index (κ2) is 42.5. The van der Waals surface area contributed by atoms with Crippen molar-refractivity contribution in [2.24, 2.45) is 11.8 Å². The summed E-state index contributed by atoms with van der Waals surface area (Å²) < 4.78 is 49.8. The summed E-state index contributed by atoms with van der Waals surface area (Å²) in [7, 11) is 0. The van der Waals surface area contributed by atoms with Crippen LogP contribution in [0.2, 0.25) is 0 Å². The fraction of sp³-hybridized carbons (Fsp3) is 0.950. The van der Waals surface area contributed by atoms with Crippen molar-refractivity contribution in [1.82, 2.24) is 5.32 Å². The van der Waals surface area contributed by atoms with Crippen molar-refractivity contribution in [3.8, 4) is 0 Å². The molecule has 0 aliphatic rings. The lowest BCUT2D eigenvalue weighted by molar-refractivity contribution is -0.122. The largest absolute Gasteiger partial charge is 0.379 e. The van der Waals surface area contributed by atoms with Crippen LogP contribution < -0.4 is 5.32 Å². The molecule has 310 valence electrons. The summed E-state index contributed by atoms with van der Waals surface area (Å²) in [6.07, 6.45) is 13.6. The zero-order chi connectivity index (χ0) is 38.0. The number of ether oxygens (including phenoxy) is 9. The number of Topliss-reactive ketones (excluding diaryl/α,β-unsaturated/α-hetero) is 1. The van der Waals surface area contributed by atoms with Gasteiger partial charge in [-0.2, -0.15) is 0 Å². The van der Waals surface area contributed by atoms with Gasteiger partial charge in [0.1, 0.15) is 5.78 Å². The highest BCUT2D eigenvalue weighted by Crippen LogP contribution is 2.12. The number of carbonyl (C=O) groups is 2. The fourth-order valence-corrected chi connectivity index (χ4v) is 4.86. The van der Waals surface area contributed by atoms with Gasteiger partial charge in [0.25, 0.3) is 0 Å². The van der Waals surface area contributed by atoms with Crippen molar-refractivity contribution < 1.29 is 52.2 Å². The summed E-state index contributed by atoms with van der Waals surface area (Å²) in [5.41, 5.74) is 0. The first kappa shape index (κ1) is 50.8. The summed E-state index contributed by atoms with van der Waals surface area (Å²) >= 11 is 0. The predicted molar refractivity (Wildman–Crippen MR) is 205 cm³/mol. The highest BCUT2D eigenvalue weighted by Gasteiger charge is 2.06. The maximum Gasteiger partial charge on any atom is 0.220 e. The normalized spacial score (nSPS) is 11.7. The Hall–Kier alpha value is -1.22. The molecule has 52 heavy (non-hydrogen) atoms. The third kappa shape index (κ3) is 43.2. The minimum absolute atomic E-state index is 0.104. The summed E-state index contributed by atoms with van der Waals surface area (Å²) in [6.45, 7) is 19.0. The van der Waals surface area contributed by atoms with Crippen LogP contribution >= 0.6 is 0 Å². The quantitative estimate of drug-likeness (QED) is 0.0715. The van der Waals surface area contributed by atoms with Crippen molar-refractivity contribution in [3.05, 3.63) is 0 Å². The highest BCUT2D eigenvalue weighted by atomic mass is 16.6. The van der Waals surface area contributed by atoms with Gasteiger partial charge in [0, 0.05) is 45.1 Å². The van der Waals surface area contributed by atoms with E-state index in [1.54, 1.807) is 0 Å². The molecule has 1 amide bonds. The molecule has 1 N–H and O–H groups in total. The lowest BCUT2D eigenvalue weighted by atomic mass is 10.0. The molecule has 0 aliphatic carbocycles. The van der Waals surface area contributed by atoms with E-state index in [4.69, 9.17) is 42.6 Å². The van der Waals surface area contributed by atoms with E-state index in [9.17, 15) is 9.59 Å². The van der Waals surface area contributed by atoms with Crippen molar-refractivity contribution in [1.29, 1.82) is 0 Å². The fourth-order valence-electron chi connectivity index (χ4n) is 4.86. The van der Waals surface area contributed by atoms with Crippen LogP contribution in [-0.4, -0.2) is 137 Å². The molecule has 0 aromatic carbocycles. The molecule has 0 saturated heterocycles. The Labute approximate surface area is 317 Å². The molecular weight excluding hydrogens is 670 g/mol. The van der Waals surface area contributed by atoms with Gasteiger partial charge < -0.3 is 47.9 Å². The Morgan fingerprint density at radius 1 is 0.385 bits per heavy atom. The van der Waals surface area contributed by atoms with Gasteiger partial charge in [0.2, 0.25) is 5.91 Å². The summed E-state index contributed by atoms with van der Waals surface area (Å²) in [6, 6.07) is 0. The third-order valence-electron chi connectivity index (χ3n) is 8.04. The Morgan fingerprint density at radius 3 is 1.15 bits per heavy atom. The van der Waals surface area contributed by atoms with E-state index in [0.29, 0.717) is 131 Å². The average molecular weight is 750 g/mol. The molecule has 0 aromatic heterocycles. The van der Waals surface area contributed by atoms with Crippen LogP contribution in [0.4, 0.5) is 0 Å². The van der Waals surface area contributed by atoms with Crippen molar-refractivity contribution >= 4 is 11.7 Å². The Kier molecular flexibility index (Phi) is 41.5. The van der Waals surface area contributed by atoms with E-state index in [1.165, 1.54) is 32.1 Å². The second-order valence-corrected chi connectivity index (χ2v) is 13.7. The van der Waals surface area contributed by atoms with E-state index in [1.807, 2.05) is 13.8 Å². The maximum absolute atomic E-state index is 11.9. The summed E-state index contributed by atoms with van der Waals surface area (Å²) in [5, 5.41) is 2.92. The van der Waals surface area contributed by atoms with Gasteiger partial charge in [0.05, 0.1) is 99.1 Å². The van der Waals surface area contributed by atoms with Crippen molar-refractivity contribution in [3.63, 3.8) is 0 Å². The van der Waals surface area contributed by atoms with Crippen molar-refractivity contribution in [2.75, 3.05) is 125 Å². The molecule has 12 nitrogen and oxygen atoms in total. The molecule has 0 aromatic rings. The Morgan fingerprint density at radius 2 is 0.731 bits per heavy atom. The molecule has 0 aliphatic heterocycles. The lowest BCUT2D eigenvalue weighted by Crippen LogP contribution is -2.27. The van der Waals surface area contributed by atoms with Gasteiger partial charge in [-0.05, 0) is 38.0 Å². The van der Waals surface area contributed by atoms with Gasteiger partial charge in [0.15, 0.2) is 0 Å². The Bertz CT molecular complexity index is 742. The molecule has 0 bridgehead atoms. The van der Waals surface area contributed by atoms with Crippen LogP contribution in [0.5, 0.6) is 0 Å². The number of hydrogen-bond donors (Lipinski definition) is 1. The molecule has 0 saturated carbocycles. The molecule has 12 heteroatoms. The summed E-state index contributed by atoms with van der Waals surface area (Å²) in [5.74, 6) is 1.31. The zero-order valence-corrected chi connectivity index (χ0v) is 33.8. The highest BCUT2D eigenvalue weighted by molar-refractivity contribution is 5.80. The molecule has 0 heterocycles. The Balaban J connectivity index is 3.13. The SMILES string of the molecule is CC(C)CCCCCCCCC(=O)NCCOCCOCCOCCOCCOCCOCCCCCOCCOCCOCCCC(=O)C(C)C. The van der Waals surface area contributed by atoms with Crippen LogP contribution in [0.3, 0.4) is 0 Å². The topological polar surface area (TPSA) is 129 Å². The number of hydrogen-bond acceptors (Lipinski definition) is 11. The summed E-state index contributed by atoms with van der Waals surface area (Å²) in [4.78, 5) is 23.4. The lowest BCUT2D eigenvalue weighted by Gasteiger charge is -2.09. The molecular formula is C40H79NO11. The minimum atomic E-state index is 0.104. The van der Waals surface area contributed by atoms with Crippen LogP contribution in [0.25, 0.3) is 0 Å². The molecule has 0 rings (SSSR count). The first-order chi connectivity index (χ1) is 25.4. The second-order valence-electron chi connectivity index (χ2n) is 13.7. The van der Waals surface area contributed by atoms with Crippen LogP contribution in [0, 0.1) is 11.8 Å². The third-order valence-corrected chi connectivity index (χ3v) is 8.04. The van der Waals surface area contributed by atoms with Crippen LogP contribution in [-0.2, 0) is 52.2 Å². The van der Waals surface area contributed by atoms with Gasteiger partial charge in [-0.25, -0.2) is 0 Å². The van der Waals surface area contributed by atoms with Gasteiger partial charge in [-0.3, -0.25) is 9.59 Å². The van der Waals surface area contributed by atoms with E-state index >= 15 is 0 Å². The smallest absolute Gasteiger partial charge is 0.220 e. The monoisotopic (exact) mass is 750 g/mol. The van der Waals surface area contributed by atoms with Gasteiger partial charge in [-0.15, -0.1) is 0 Å². The number of nitrogens with one attached hydrogen (secondary N) is 1. The maximum atomic E-state index is 11.9. The molecule has 0 unspecified atom stereocenters.